The topological polar surface area (TPSA) is 186 Å². The number of likely N-dealkylation sites (N-methyl/N-ethyl adjacent to an activating group) is 2. The molecule has 384 valence electrons. The Labute approximate surface area is 427 Å². The molecular weight excluding hydrogens is 929 g/mol. The van der Waals surface area contributed by atoms with Gasteiger partial charge in [0.05, 0.1) is 63.7 Å². The van der Waals surface area contributed by atoms with E-state index < -0.39 is 24.2 Å². The molecule has 0 radical (unpaired) electrons. The number of aliphatic hydroxyl groups is 2. The summed E-state index contributed by atoms with van der Waals surface area (Å²) in [6.07, 6.45) is 4.42. The van der Waals surface area contributed by atoms with Crippen molar-refractivity contribution in [3.05, 3.63) is 103 Å². The van der Waals surface area contributed by atoms with Crippen molar-refractivity contribution in [1.29, 1.82) is 10.5 Å². The molecule has 4 aromatic rings. The lowest BCUT2D eigenvalue weighted by Gasteiger charge is -2.60. The van der Waals surface area contributed by atoms with Gasteiger partial charge in [0.15, 0.2) is 23.0 Å². The van der Waals surface area contributed by atoms with Crippen molar-refractivity contribution in [2.24, 2.45) is 0 Å². The van der Waals surface area contributed by atoms with Gasteiger partial charge in [-0.25, -0.2) is 0 Å². The maximum absolute atomic E-state index is 11.3. The lowest BCUT2D eigenvalue weighted by Crippen LogP contribution is -2.68. The normalized spacial score (nSPS) is 27.9. The molecule has 4 bridgehead atoms. The number of methoxy groups -OCH3 is 2. The molecule has 16 heteroatoms. The zero-order valence-corrected chi connectivity index (χ0v) is 43.5. The molecule has 2 saturated heterocycles. The highest BCUT2D eigenvalue weighted by Crippen LogP contribution is 2.60. The third kappa shape index (κ3) is 6.84. The highest BCUT2D eigenvalue weighted by atomic mass is 16.7. The van der Waals surface area contributed by atoms with Gasteiger partial charge >= 0.3 is 0 Å². The number of nitrogens with zero attached hydrogens (tertiary/aromatic N) is 6. The second-order valence-corrected chi connectivity index (χ2v) is 21.0. The molecule has 2 unspecified atom stereocenters. The number of phenols is 1. The Kier molecular flexibility index (Phi) is 12.3. The predicted molar refractivity (Wildman–Crippen MR) is 270 cm³/mol. The molecule has 0 amide bonds. The lowest BCUT2D eigenvalue weighted by atomic mass is 9.71. The molecule has 16 nitrogen and oxygen atoms in total. The van der Waals surface area contributed by atoms with Crippen molar-refractivity contribution in [2.45, 2.75) is 128 Å². The van der Waals surface area contributed by atoms with Crippen LogP contribution in [0.2, 0.25) is 0 Å². The van der Waals surface area contributed by atoms with Crippen molar-refractivity contribution in [1.82, 2.24) is 19.6 Å². The van der Waals surface area contributed by atoms with E-state index in [1.165, 1.54) is 22.3 Å². The quantitative estimate of drug-likeness (QED) is 0.170. The van der Waals surface area contributed by atoms with Gasteiger partial charge in [-0.05, 0) is 126 Å². The van der Waals surface area contributed by atoms with E-state index in [0.717, 1.165) is 80.2 Å². The fraction of sp³-hybridized carbons (Fsp3) is 0.509. The van der Waals surface area contributed by atoms with E-state index in [1.807, 2.05) is 13.8 Å². The van der Waals surface area contributed by atoms with Gasteiger partial charge in [-0.2, -0.15) is 10.5 Å². The standard InChI is InChI=1S/C30H35N3O5.C27H31N3O5/c1-7-8-36-28-17(4)29-30(38-14-37-29)25-19(28)11-21-26-24-16(3)27(35-6)15(2)9-18(24)10-20(32(26)5)22(12-31)33(21)23(25)13-34;1-12-6-15-7-17-19(9-28)30-18(23(29(17)4)21(15)13(2)25(12)33-5)8-16-22(20(30)10-31)27-26(34-11-35-27)14(3)24(16)32/h7,9,20-23,26,34H,1,8,10-11,13-14H2,2-6H3;6,17-20,23,31-32H,7-8,10-11H2,1-5H3/t20-,21?,22-,23-,26-;17-,18?,19-,20-,23-/m00/s1. The average Bonchev–Trinajstić information content (AvgIpc) is 4.08. The third-order valence-electron chi connectivity index (χ3n) is 17.8. The smallest absolute Gasteiger partial charge is 0.231 e. The zero-order valence-electron chi connectivity index (χ0n) is 43.5. The highest BCUT2D eigenvalue weighted by molar-refractivity contribution is 5.68. The van der Waals surface area contributed by atoms with Crippen molar-refractivity contribution in [3.8, 4) is 58.1 Å². The molecule has 8 aliphatic rings. The number of piperazine rings is 2. The summed E-state index contributed by atoms with van der Waals surface area (Å²) in [5.41, 5.74) is 14.5. The summed E-state index contributed by atoms with van der Waals surface area (Å²) in [4.78, 5) is 9.14. The van der Waals surface area contributed by atoms with Gasteiger partial charge in [0.25, 0.3) is 0 Å². The number of benzene rings is 4. The first kappa shape index (κ1) is 49.0. The minimum Gasteiger partial charge on any atom is -0.507 e. The van der Waals surface area contributed by atoms with Crippen molar-refractivity contribution >= 4 is 0 Å². The Bertz CT molecular complexity index is 3050. The molecule has 12 rings (SSSR count). The molecule has 73 heavy (non-hydrogen) atoms. The number of phenolic OH excluding ortho intramolecular Hbond substituents is 1. The molecule has 0 spiro atoms. The SMILES string of the molecule is C=CCOc1c(C)c2c(c3c1CC1[C@H]4c5c(cc(C)c(OC)c5C)C[C@@H]([C@H](C#N)N1[C@H]3CO)N4C)OCO2.COc1c(C)cc2c(c1C)[C@@H]1C3Cc4c(O)c(C)c5c(c4[C@H](CO)N3[C@@H](C#N)[C@H](C2)N1C)OCO5. The molecular formula is C57H66N6O10. The summed E-state index contributed by atoms with van der Waals surface area (Å²) >= 11 is 0. The molecule has 8 aliphatic heterocycles. The summed E-state index contributed by atoms with van der Waals surface area (Å²) in [5, 5.41) is 53.9. The molecule has 10 atom stereocenters. The van der Waals surface area contributed by atoms with Gasteiger partial charge < -0.3 is 48.5 Å². The van der Waals surface area contributed by atoms with Crippen molar-refractivity contribution in [3.63, 3.8) is 0 Å². The second kappa shape index (κ2) is 18.3. The van der Waals surface area contributed by atoms with E-state index in [4.69, 9.17) is 33.2 Å². The molecule has 0 aromatic heterocycles. The minimum absolute atomic E-state index is 0.0105. The molecule has 3 N–H and O–H groups in total. The van der Waals surface area contributed by atoms with Crippen LogP contribution in [0.1, 0.15) is 102 Å². The van der Waals surface area contributed by atoms with Crippen molar-refractivity contribution < 1.29 is 48.5 Å². The third-order valence-corrected chi connectivity index (χ3v) is 17.8. The van der Waals surface area contributed by atoms with Crippen LogP contribution in [0.5, 0.6) is 46.0 Å². The van der Waals surface area contributed by atoms with Crippen LogP contribution >= 0.6 is 0 Å². The van der Waals surface area contributed by atoms with E-state index >= 15 is 0 Å². The van der Waals surface area contributed by atoms with Crippen LogP contribution in [0.3, 0.4) is 0 Å². The number of hydrogen-bond donors (Lipinski definition) is 3. The van der Waals surface area contributed by atoms with Crippen LogP contribution < -0.4 is 33.2 Å². The maximum Gasteiger partial charge on any atom is 0.231 e. The van der Waals surface area contributed by atoms with Crippen LogP contribution in [0, 0.1) is 64.2 Å². The summed E-state index contributed by atoms with van der Waals surface area (Å²) < 4.78 is 41.3. The summed E-state index contributed by atoms with van der Waals surface area (Å²) in [6.45, 7) is 16.3. The Hall–Kier alpha value is -6.24. The number of rotatable bonds is 7. The Morgan fingerprint density at radius 1 is 0.616 bits per heavy atom. The Morgan fingerprint density at radius 2 is 1.05 bits per heavy atom. The van der Waals surface area contributed by atoms with E-state index in [-0.39, 0.29) is 68.8 Å². The van der Waals surface area contributed by atoms with E-state index in [9.17, 15) is 25.8 Å². The molecule has 4 aromatic carbocycles. The van der Waals surface area contributed by atoms with E-state index in [1.54, 1.807) is 20.3 Å². The number of hydrogen-bond acceptors (Lipinski definition) is 16. The molecule has 0 aliphatic carbocycles. The van der Waals surface area contributed by atoms with Gasteiger partial charge in [0.2, 0.25) is 13.6 Å². The predicted octanol–water partition coefficient (Wildman–Crippen LogP) is 6.50. The van der Waals surface area contributed by atoms with Crippen LogP contribution in [-0.4, -0.2) is 133 Å². The summed E-state index contributed by atoms with van der Waals surface area (Å²) in [7, 11) is 7.66. The van der Waals surface area contributed by atoms with Crippen LogP contribution in [0.25, 0.3) is 0 Å². The van der Waals surface area contributed by atoms with Gasteiger partial charge in [0.1, 0.15) is 41.7 Å². The number of aryl methyl sites for hydroxylation is 2. The number of fused-ring (bicyclic) bond motifs is 18. The van der Waals surface area contributed by atoms with E-state index in [2.05, 4.69) is 92.2 Å². The molecule has 2 fully saturated rings. The maximum atomic E-state index is 11.3. The lowest BCUT2D eigenvalue weighted by molar-refractivity contribution is -0.0821. The largest absolute Gasteiger partial charge is 0.507 e. The van der Waals surface area contributed by atoms with Crippen LogP contribution in [0.4, 0.5) is 0 Å². The van der Waals surface area contributed by atoms with Gasteiger partial charge in [-0.1, -0.05) is 24.8 Å². The molecule has 0 saturated carbocycles. The number of aliphatic hydroxyl groups excluding tert-OH is 2. The Morgan fingerprint density at radius 3 is 1.49 bits per heavy atom. The first-order valence-corrected chi connectivity index (χ1v) is 25.4. The highest BCUT2D eigenvalue weighted by Gasteiger charge is 2.58. The first-order valence-electron chi connectivity index (χ1n) is 25.4. The van der Waals surface area contributed by atoms with Gasteiger partial charge in [-0.15, -0.1) is 0 Å². The fourth-order valence-electron chi connectivity index (χ4n) is 15.0. The van der Waals surface area contributed by atoms with Crippen molar-refractivity contribution in [2.75, 3.05) is 61.7 Å². The second-order valence-electron chi connectivity index (χ2n) is 21.0. The van der Waals surface area contributed by atoms with E-state index in [0.29, 0.717) is 48.0 Å². The summed E-state index contributed by atoms with van der Waals surface area (Å²) in [5.74, 6) is 5.18. The monoisotopic (exact) mass is 994 g/mol. The summed E-state index contributed by atoms with van der Waals surface area (Å²) in [6, 6.07) is 7.67. The van der Waals surface area contributed by atoms with Gasteiger partial charge in [0, 0.05) is 57.5 Å². The average molecular weight is 995 g/mol. The Balaban J connectivity index is 0.000000158. The molecule has 8 heterocycles. The zero-order chi connectivity index (χ0) is 51.6. The minimum atomic E-state index is -0.483. The fourth-order valence-corrected chi connectivity index (χ4v) is 15.0. The van der Waals surface area contributed by atoms with Crippen LogP contribution in [0.15, 0.2) is 24.8 Å². The number of aromatic hydroxyl groups is 1. The number of ether oxygens (including phenoxy) is 7. The van der Waals surface area contributed by atoms with Crippen LogP contribution in [-0.2, 0) is 25.7 Å². The number of nitriles is 2. The first-order chi connectivity index (χ1) is 35.2. The van der Waals surface area contributed by atoms with Gasteiger partial charge in [-0.3, -0.25) is 19.6 Å².